The van der Waals surface area contributed by atoms with Crippen LogP contribution < -0.4 is 14.8 Å². The number of benzene rings is 3. The Hall–Kier alpha value is -3.45. The first-order chi connectivity index (χ1) is 15.9. The van der Waals surface area contributed by atoms with Gasteiger partial charge in [0.05, 0.1) is 25.8 Å². The molecule has 2 heterocycles. The Labute approximate surface area is 189 Å². The summed E-state index contributed by atoms with van der Waals surface area (Å²) in [6.45, 7) is 0.587. The molecule has 0 saturated carbocycles. The number of rotatable bonds is 4. The minimum atomic E-state index is -4.36. The van der Waals surface area contributed by atoms with Gasteiger partial charge in [0.25, 0.3) is 0 Å². The number of hydrogen-bond acceptors (Lipinski definition) is 3. The van der Waals surface area contributed by atoms with E-state index in [1.54, 1.807) is 26.4 Å². The third-order valence-corrected chi connectivity index (χ3v) is 6.32. The van der Waals surface area contributed by atoms with E-state index in [1.807, 2.05) is 36.4 Å². The van der Waals surface area contributed by atoms with E-state index in [1.165, 1.54) is 0 Å². The number of methoxy groups -OCH3 is 2. The number of halogens is 3. The summed E-state index contributed by atoms with van der Waals surface area (Å²) in [5, 5.41) is 4.62. The Balaban J connectivity index is 1.65. The van der Waals surface area contributed by atoms with Crippen molar-refractivity contribution in [2.75, 3.05) is 20.8 Å². The molecule has 0 saturated heterocycles. The topological polar surface area (TPSA) is 46.3 Å². The summed E-state index contributed by atoms with van der Waals surface area (Å²) in [5.74, 6) is 1.30. The molecule has 0 unspecified atom stereocenters. The molecule has 33 heavy (non-hydrogen) atoms. The second-order valence-corrected chi connectivity index (χ2v) is 8.09. The van der Waals surface area contributed by atoms with E-state index in [4.69, 9.17) is 9.47 Å². The normalized spacial score (nSPS) is 18.2. The van der Waals surface area contributed by atoms with E-state index in [-0.39, 0.29) is 12.0 Å². The predicted molar refractivity (Wildman–Crippen MR) is 121 cm³/mol. The zero-order valence-electron chi connectivity index (χ0n) is 18.2. The van der Waals surface area contributed by atoms with Gasteiger partial charge >= 0.3 is 6.18 Å². The fourth-order valence-corrected chi connectivity index (χ4v) is 4.83. The highest BCUT2D eigenvalue weighted by Crippen LogP contribution is 2.46. The molecule has 1 aliphatic rings. The number of aromatic nitrogens is 1. The molecule has 0 amide bonds. The van der Waals surface area contributed by atoms with E-state index >= 15 is 0 Å². The highest BCUT2D eigenvalue weighted by atomic mass is 19.4. The standard InChI is InChI=1S/C26H23F3N2O2/c1-32-21-9-5-7-17(25(21)33-2)19-14-30-23(15-10-12-16(13-11-15)26(27,28)29)24-22(19)18-6-3-4-8-20(18)31-24/h3-13,19,23,30-31H,14H2,1-2H3/t19-,23+/m1/s1. The second kappa shape index (κ2) is 8.15. The lowest BCUT2D eigenvalue weighted by molar-refractivity contribution is -0.137. The molecule has 1 aromatic heterocycles. The van der Waals surface area contributed by atoms with Crippen molar-refractivity contribution in [1.82, 2.24) is 10.3 Å². The molecule has 0 aliphatic carbocycles. The quantitative estimate of drug-likeness (QED) is 0.398. The first kappa shape index (κ1) is 21.4. The molecule has 0 radical (unpaired) electrons. The smallest absolute Gasteiger partial charge is 0.416 e. The van der Waals surface area contributed by atoms with Gasteiger partial charge in [0.1, 0.15) is 0 Å². The third-order valence-electron chi connectivity index (χ3n) is 6.32. The fraction of sp³-hybridized carbons (Fsp3) is 0.231. The van der Waals surface area contributed by atoms with Gasteiger partial charge in [0, 0.05) is 34.6 Å². The van der Waals surface area contributed by atoms with Crippen molar-refractivity contribution in [2.24, 2.45) is 0 Å². The Bertz CT molecular complexity index is 1300. The van der Waals surface area contributed by atoms with Crippen LogP contribution >= 0.6 is 0 Å². The number of fused-ring (bicyclic) bond motifs is 3. The van der Waals surface area contributed by atoms with Crippen LogP contribution in [0.15, 0.2) is 66.7 Å². The van der Waals surface area contributed by atoms with Crippen molar-refractivity contribution in [3.05, 3.63) is 94.7 Å². The van der Waals surface area contributed by atoms with Gasteiger partial charge in [-0.25, -0.2) is 0 Å². The summed E-state index contributed by atoms with van der Waals surface area (Å²) in [5.41, 5.74) is 4.14. The minimum absolute atomic E-state index is 0.0353. The monoisotopic (exact) mass is 452 g/mol. The molecule has 2 atom stereocenters. The molecule has 170 valence electrons. The molecule has 1 aliphatic heterocycles. The van der Waals surface area contributed by atoms with Gasteiger partial charge in [0.2, 0.25) is 0 Å². The zero-order chi connectivity index (χ0) is 23.2. The van der Waals surface area contributed by atoms with Crippen molar-refractivity contribution >= 4 is 10.9 Å². The van der Waals surface area contributed by atoms with Crippen LogP contribution in [0.1, 0.15) is 39.9 Å². The summed E-state index contributed by atoms with van der Waals surface area (Å²) in [7, 11) is 3.23. The summed E-state index contributed by atoms with van der Waals surface area (Å²) in [6, 6.07) is 19.0. The average molecular weight is 452 g/mol. The van der Waals surface area contributed by atoms with Crippen LogP contribution in [0.4, 0.5) is 13.2 Å². The first-order valence-corrected chi connectivity index (χ1v) is 10.6. The van der Waals surface area contributed by atoms with Crippen molar-refractivity contribution < 1.29 is 22.6 Å². The van der Waals surface area contributed by atoms with Crippen molar-refractivity contribution in [3.8, 4) is 11.5 Å². The van der Waals surface area contributed by atoms with Crippen LogP contribution in [0.2, 0.25) is 0 Å². The number of ether oxygens (including phenoxy) is 2. The van der Waals surface area contributed by atoms with Gasteiger partial charge in [-0.1, -0.05) is 42.5 Å². The Kier molecular flexibility index (Phi) is 5.29. The maximum absolute atomic E-state index is 13.1. The molecule has 0 bridgehead atoms. The summed E-state index contributed by atoms with van der Waals surface area (Å²) >= 11 is 0. The number of hydrogen-bond donors (Lipinski definition) is 2. The van der Waals surface area contributed by atoms with Crippen molar-refractivity contribution in [3.63, 3.8) is 0 Å². The number of para-hydroxylation sites is 2. The number of alkyl halides is 3. The molecular weight excluding hydrogens is 429 g/mol. The Morgan fingerprint density at radius 3 is 2.33 bits per heavy atom. The number of nitrogens with one attached hydrogen (secondary N) is 2. The third kappa shape index (κ3) is 3.62. The maximum atomic E-state index is 13.1. The van der Waals surface area contributed by atoms with Crippen molar-refractivity contribution in [1.29, 1.82) is 0 Å². The highest BCUT2D eigenvalue weighted by Gasteiger charge is 2.35. The van der Waals surface area contributed by atoms with Gasteiger partial charge in [-0.15, -0.1) is 0 Å². The van der Waals surface area contributed by atoms with Crippen LogP contribution in [0.25, 0.3) is 10.9 Å². The lowest BCUT2D eigenvalue weighted by Crippen LogP contribution is -2.34. The number of aromatic amines is 1. The van der Waals surface area contributed by atoms with E-state index in [9.17, 15) is 13.2 Å². The Morgan fingerprint density at radius 2 is 1.64 bits per heavy atom. The van der Waals surface area contributed by atoms with Crippen LogP contribution in [-0.2, 0) is 6.18 Å². The van der Waals surface area contributed by atoms with Crippen LogP contribution in [0.3, 0.4) is 0 Å². The number of H-pyrrole nitrogens is 1. The summed E-state index contributed by atoms with van der Waals surface area (Å²) < 4.78 is 50.4. The first-order valence-electron chi connectivity index (χ1n) is 10.6. The van der Waals surface area contributed by atoms with Gasteiger partial charge in [0.15, 0.2) is 11.5 Å². The largest absolute Gasteiger partial charge is 0.493 e. The van der Waals surface area contributed by atoms with E-state index < -0.39 is 11.7 Å². The molecule has 2 N–H and O–H groups in total. The van der Waals surface area contributed by atoms with Gasteiger partial charge in [-0.3, -0.25) is 0 Å². The molecule has 4 nitrogen and oxygen atoms in total. The maximum Gasteiger partial charge on any atom is 0.416 e. The zero-order valence-corrected chi connectivity index (χ0v) is 18.2. The second-order valence-electron chi connectivity index (χ2n) is 8.09. The van der Waals surface area contributed by atoms with Crippen LogP contribution in [-0.4, -0.2) is 25.7 Å². The molecule has 0 fully saturated rings. The molecule has 5 rings (SSSR count). The average Bonchev–Trinajstić information content (AvgIpc) is 3.22. The predicted octanol–water partition coefficient (Wildman–Crippen LogP) is 6.03. The van der Waals surface area contributed by atoms with E-state index in [2.05, 4.69) is 16.4 Å². The SMILES string of the molecule is COc1cccc([C@H]2CN[C@@H](c3ccc(C(F)(F)F)cc3)c3[nH]c4ccccc4c32)c1OC. The highest BCUT2D eigenvalue weighted by molar-refractivity contribution is 5.87. The van der Waals surface area contributed by atoms with Gasteiger partial charge in [-0.05, 0) is 35.4 Å². The van der Waals surface area contributed by atoms with Crippen LogP contribution in [0.5, 0.6) is 11.5 Å². The van der Waals surface area contributed by atoms with Crippen LogP contribution in [0, 0.1) is 0 Å². The molecule has 0 spiro atoms. The summed E-state index contributed by atoms with van der Waals surface area (Å²) in [6.07, 6.45) is -4.36. The van der Waals surface area contributed by atoms with Gasteiger partial charge in [-0.2, -0.15) is 13.2 Å². The van der Waals surface area contributed by atoms with E-state index in [0.29, 0.717) is 18.0 Å². The van der Waals surface area contributed by atoms with Gasteiger partial charge < -0.3 is 19.8 Å². The fourth-order valence-electron chi connectivity index (χ4n) is 4.83. The van der Waals surface area contributed by atoms with Crippen molar-refractivity contribution in [2.45, 2.75) is 18.1 Å². The molecule has 7 heteroatoms. The lowest BCUT2D eigenvalue weighted by atomic mass is 9.82. The van der Waals surface area contributed by atoms with E-state index in [0.717, 1.165) is 45.4 Å². The lowest BCUT2D eigenvalue weighted by Gasteiger charge is -2.32. The summed E-state index contributed by atoms with van der Waals surface area (Å²) in [4.78, 5) is 3.52. The Morgan fingerprint density at radius 1 is 0.879 bits per heavy atom. The molecular formula is C26H23F3N2O2. The minimum Gasteiger partial charge on any atom is -0.493 e. The molecule has 4 aromatic rings. The molecule has 3 aromatic carbocycles.